The SMILES string of the molecule is CN(c1ccc(F)cc1)S(=O)(=O)c1ccc(Br)cc1F. The summed E-state index contributed by atoms with van der Waals surface area (Å²) in [5.74, 6) is -1.33. The lowest BCUT2D eigenvalue weighted by Crippen LogP contribution is -2.27. The smallest absolute Gasteiger partial charge is 0.266 e. The summed E-state index contributed by atoms with van der Waals surface area (Å²) in [6.45, 7) is 0. The number of hydrogen-bond acceptors (Lipinski definition) is 2. The first-order valence-electron chi connectivity index (χ1n) is 5.52. The predicted octanol–water partition coefficient (Wildman–Crippen LogP) is 3.55. The number of sulfonamides is 1. The van der Waals surface area contributed by atoms with Crippen LogP contribution in [0.5, 0.6) is 0 Å². The van der Waals surface area contributed by atoms with Gasteiger partial charge in [-0.1, -0.05) is 15.9 Å². The molecule has 0 aliphatic heterocycles. The van der Waals surface area contributed by atoms with E-state index in [0.717, 1.165) is 22.5 Å². The fourth-order valence-corrected chi connectivity index (χ4v) is 3.19. The van der Waals surface area contributed by atoms with E-state index in [1.807, 2.05) is 0 Å². The van der Waals surface area contributed by atoms with Crippen molar-refractivity contribution in [3.05, 3.63) is 58.6 Å². The van der Waals surface area contributed by atoms with Crippen molar-refractivity contribution in [2.24, 2.45) is 0 Å². The average Bonchev–Trinajstić information content (AvgIpc) is 2.38. The van der Waals surface area contributed by atoms with E-state index < -0.39 is 26.6 Å². The van der Waals surface area contributed by atoms with Crippen LogP contribution in [0.3, 0.4) is 0 Å². The van der Waals surface area contributed by atoms with Crippen LogP contribution in [0.2, 0.25) is 0 Å². The molecule has 0 N–H and O–H groups in total. The van der Waals surface area contributed by atoms with Gasteiger partial charge < -0.3 is 0 Å². The second-order valence-corrected chi connectivity index (χ2v) is 6.88. The highest BCUT2D eigenvalue weighted by molar-refractivity contribution is 9.10. The van der Waals surface area contributed by atoms with Crippen molar-refractivity contribution in [3.63, 3.8) is 0 Å². The van der Waals surface area contributed by atoms with Crippen molar-refractivity contribution < 1.29 is 17.2 Å². The minimum absolute atomic E-state index is 0.244. The molecular formula is C13H10BrF2NO2S. The highest BCUT2D eigenvalue weighted by Gasteiger charge is 2.24. The van der Waals surface area contributed by atoms with Gasteiger partial charge in [-0.3, -0.25) is 4.31 Å². The number of nitrogens with zero attached hydrogens (tertiary/aromatic N) is 1. The number of hydrogen-bond donors (Lipinski definition) is 0. The van der Waals surface area contributed by atoms with Crippen LogP contribution in [-0.2, 0) is 10.0 Å². The topological polar surface area (TPSA) is 37.4 Å². The van der Waals surface area contributed by atoms with E-state index in [9.17, 15) is 17.2 Å². The van der Waals surface area contributed by atoms with E-state index in [-0.39, 0.29) is 5.69 Å². The molecule has 0 amide bonds. The van der Waals surface area contributed by atoms with Crippen molar-refractivity contribution in [1.29, 1.82) is 0 Å². The highest BCUT2D eigenvalue weighted by atomic mass is 79.9. The molecule has 0 spiro atoms. The summed E-state index contributed by atoms with van der Waals surface area (Å²) in [6.07, 6.45) is 0. The molecule has 0 fully saturated rings. The molecule has 106 valence electrons. The normalized spacial score (nSPS) is 11.4. The van der Waals surface area contributed by atoms with Gasteiger partial charge in [-0.15, -0.1) is 0 Å². The van der Waals surface area contributed by atoms with Gasteiger partial charge in [-0.2, -0.15) is 0 Å². The molecule has 3 nitrogen and oxygen atoms in total. The van der Waals surface area contributed by atoms with Crippen LogP contribution < -0.4 is 4.31 Å². The zero-order valence-electron chi connectivity index (χ0n) is 10.3. The monoisotopic (exact) mass is 361 g/mol. The third-order valence-electron chi connectivity index (χ3n) is 2.72. The average molecular weight is 362 g/mol. The Balaban J connectivity index is 2.46. The fourth-order valence-electron chi connectivity index (χ4n) is 1.62. The van der Waals surface area contributed by atoms with Crippen LogP contribution >= 0.6 is 15.9 Å². The van der Waals surface area contributed by atoms with Crippen molar-refractivity contribution in [3.8, 4) is 0 Å². The Morgan fingerprint density at radius 1 is 1.05 bits per heavy atom. The Bertz CT molecular complexity index is 733. The number of anilines is 1. The van der Waals surface area contributed by atoms with Crippen LogP contribution in [0, 0.1) is 11.6 Å². The van der Waals surface area contributed by atoms with E-state index >= 15 is 0 Å². The molecule has 0 saturated carbocycles. The molecule has 0 radical (unpaired) electrons. The first-order valence-corrected chi connectivity index (χ1v) is 7.75. The van der Waals surface area contributed by atoms with Crippen molar-refractivity contribution in [1.82, 2.24) is 0 Å². The maximum Gasteiger partial charge on any atom is 0.266 e. The first-order chi connectivity index (χ1) is 9.32. The van der Waals surface area contributed by atoms with Gasteiger partial charge in [0.2, 0.25) is 0 Å². The zero-order chi connectivity index (χ0) is 14.9. The third kappa shape index (κ3) is 2.83. The van der Waals surface area contributed by atoms with E-state index in [1.165, 1.54) is 31.3 Å². The van der Waals surface area contributed by atoms with Gasteiger partial charge in [-0.25, -0.2) is 17.2 Å². The summed E-state index contributed by atoms with van der Waals surface area (Å²) >= 11 is 3.06. The number of rotatable bonds is 3. The van der Waals surface area contributed by atoms with E-state index in [0.29, 0.717) is 4.47 Å². The quantitative estimate of drug-likeness (QED) is 0.838. The molecule has 0 aliphatic carbocycles. The van der Waals surface area contributed by atoms with Crippen molar-refractivity contribution >= 4 is 31.6 Å². The number of benzene rings is 2. The molecule has 2 aromatic carbocycles. The Morgan fingerprint density at radius 3 is 2.20 bits per heavy atom. The minimum atomic E-state index is -4.04. The molecule has 0 aliphatic rings. The molecule has 2 aromatic rings. The summed E-state index contributed by atoms with van der Waals surface area (Å²) in [5.41, 5.74) is 0.244. The minimum Gasteiger partial charge on any atom is -0.269 e. The van der Waals surface area contributed by atoms with Crippen molar-refractivity contribution in [2.45, 2.75) is 4.90 Å². The van der Waals surface area contributed by atoms with Gasteiger partial charge in [-0.05, 0) is 42.5 Å². The fraction of sp³-hybridized carbons (Fsp3) is 0.0769. The number of halogens is 3. The summed E-state index contributed by atoms with van der Waals surface area (Å²) < 4.78 is 52.6. The van der Waals surface area contributed by atoms with Crippen LogP contribution in [0.25, 0.3) is 0 Å². The molecule has 20 heavy (non-hydrogen) atoms. The van der Waals surface area contributed by atoms with Gasteiger partial charge in [0.25, 0.3) is 10.0 Å². The van der Waals surface area contributed by atoms with Crippen LogP contribution in [0.1, 0.15) is 0 Å². The van der Waals surface area contributed by atoms with Gasteiger partial charge in [0.05, 0.1) is 5.69 Å². The van der Waals surface area contributed by atoms with E-state index in [4.69, 9.17) is 0 Å². The molecule has 0 atom stereocenters. The molecule has 7 heteroatoms. The summed E-state index contributed by atoms with van der Waals surface area (Å²) in [5, 5.41) is 0. The van der Waals surface area contributed by atoms with Gasteiger partial charge in [0, 0.05) is 11.5 Å². The Morgan fingerprint density at radius 2 is 1.65 bits per heavy atom. The second-order valence-electron chi connectivity index (χ2n) is 4.02. The van der Waals surface area contributed by atoms with Crippen LogP contribution in [-0.4, -0.2) is 15.5 Å². The second kappa shape index (κ2) is 5.49. The first kappa shape index (κ1) is 14.9. The third-order valence-corrected chi connectivity index (χ3v) is 5.03. The molecule has 2 rings (SSSR count). The van der Waals surface area contributed by atoms with E-state index in [2.05, 4.69) is 15.9 Å². The molecule has 0 heterocycles. The summed E-state index contributed by atoms with van der Waals surface area (Å²) in [4.78, 5) is -0.437. The van der Waals surface area contributed by atoms with Crippen LogP contribution in [0.15, 0.2) is 51.8 Å². The predicted molar refractivity (Wildman–Crippen MR) is 76.1 cm³/mol. The van der Waals surface area contributed by atoms with Gasteiger partial charge in [0.15, 0.2) is 0 Å². The van der Waals surface area contributed by atoms with Gasteiger partial charge in [0.1, 0.15) is 16.5 Å². The highest BCUT2D eigenvalue weighted by Crippen LogP contribution is 2.25. The lowest BCUT2D eigenvalue weighted by Gasteiger charge is -2.19. The summed E-state index contributed by atoms with van der Waals surface area (Å²) in [6, 6.07) is 8.58. The lowest BCUT2D eigenvalue weighted by molar-refractivity contribution is 0.565. The Kier molecular flexibility index (Phi) is 4.10. The Labute approximate surface area is 124 Å². The van der Waals surface area contributed by atoms with Gasteiger partial charge >= 0.3 is 0 Å². The summed E-state index contributed by atoms with van der Waals surface area (Å²) in [7, 11) is -2.76. The standard InChI is InChI=1S/C13H10BrF2NO2S/c1-17(11-5-3-10(15)4-6-11)20(18,19)13-7-2-9(14)8-12(13)16/h2-8H,1H3. The molecule has 0 bridgehead atoms. The largest absolute Gasteiger partial charge is 0.269 e. The zero-order valence-corrected chi connectivity index (χ0v) is 12.7. The molecular weight excluding hydrogens is 352 g/mol. The Hall–Kier alpha value is -1.47. The molecule has 0 aromatic heterocycles. The molecule has 0 saturated heterocycles. The maximum absolute atomic E-state index is 13.8. The van der Waals surface area contributed by atoms with E-state index in [1.54, 1.807) is 0 Å². The van der Waals surface area contributed by atoms with Crippen LogP contribution in [0.4, 0.5) is 14.5 Å². The van der Waals surface area contributed by atoms with Crippen molar-refractivity contribution in [2.75, 3.05) is 11.4 Å². The lowest BCUT2D eigenvalue weighted by atomic mass is 10.3. The molecule has 0 unspecified atom stereocenters. The maximum atomic E-state index is 13.8.